The van der Waals surface area contributed by atoms with Gasteiger partial charge < -0.3 is 4.74 Å². The number of ether oxygens (including phenoxy) is 1. The minimum atomic E-state index is -0.659. The summed E-state index contributed by atoms with van der Waals surface area (Å²) in [5, 5.41) is 0. The smallest absolute Gasteiger partial charge is 0.131 e. The zero-order valence-electron chi connectivity index (χ0n) is 10.3. The lowest BCUT2D eigenvalue weighted by atomic mass is 9.88. The number of methoxy groups -OCH3 is 1. The molecule has 0 saturated heterocycles. The summed E-state index contributed by atoms with van der Waals surface area (Å²) < 4.78 is 31.9. The molecular formula is C12H18F2N2O. The van der Waals surface area contributed by atoms with E-state index in [-0.39, 0.29) is 0 Å². The van der Waals surface area contributed by atoms with E-state index in [2.05, 4.69) is 5.43 Å². The summed E-state index contributed by atoms with van der Waals surface area (Å²) in [5.74, 6) is 4.21. The molecule has 0 fully saturated rings. The van der Waals surface area contributed by atoms with Crippen molar-refractivity contribution in [3.05, 3.63) is 35.4 Å². The van der Waals surface area contributed by atoms with Crippen LogP contribution in [0.4, 0.5) is 8.78 Å². The molecule has 17 heavy (non-hydrogen) atoms. The fourth-order valence-electron chi connectivity index (χ4n) is 1.80. The lowest BCUT2D eigenvalue weighted by molar-refractivity contribution is -0.0309. The Hall–Kier alpha value is -1.04. The van der Waals surface area contributed by atoms with E-state index < -0.39 is 23.3 Å². The third-order valence-electron chi connectivity index (χ3n) is 3.22. The summed E-state index contributed by atoms with van der Waals surface area (Å²) in [5.41, 5.74) is 2.17. The third-order valence-corrected chi connectivity index (χ3v) is 3.22. The van der Waals surface area contributed by atoms with Crippen LogP contribution in [0.25, 0.3) is 0 Å². The van der Waals surface area contributed by atoms with Crippen molar-refractivity contribution in [3.63, 3.8) is 0 Å². The SMILES string of the molecule is CCC(C)(OC)C(NN)c1ccc(F)cc1F. The normalized spacial score (nSPS) is 16.6. The van der Waals surface area contributed by atoms with Gasteiger partial charge in [-0.05, 0) is 19.4 Å². The maximum absolute atomic E-state index is 13.7. The number of nitrogens with one attached hydrogen (secondary N) is 1. The Kier molecular flexibility index (Phi) is 4.56. The predicted octanol–water partition coefficient (Wildman–Crippen LogP) is 2.28. The van der Waals surface area contributed by atoms with Crippen molar-refractivity contribution in [1.82, 2.24) is 5.43 Å². The fourth-order valence-corrected chi connectivity index (χ4v) is 1.80. The van der Waals surface area contributed by atoms with Crippen LogP contribution in [0.15, 0.2) is 18.2 Å². The highest BCUT2D eigenvalue weighted by Gasteiger charge is 2.34. The van der Waals surface area contributed by atoms with Gasteiger partial charge in [-0.25, -0.2) is 14.2 Å². The quantitative estimate of drug-likeness (QED) is 0.617. The maximum Gasteiger partial charge on any atom is 0.131 e. The van der Waals surface area contributed by atoms with Crippen molar-refractivity contribution < 1.29 is 13.5 Å². The van der Waals surface area contributed by atoms with E-state index in [9.17, 15) is 8.78 Å². The maximum atomic E-state index is 13.7. The Morgan fingerprint density at radius 2 is 2.12 bits per heavy atom. The first-order valence-electron chi connectivity index (χ1n) is 5.44. The van der Waals surface area contributed by atoms with E-state index in [1.807, 2.05) is 13.8 Å². The Balaban J connectivity index is 3.17. The van der Waals surface area contributed by atoms with E-state index in [1.54, 1.807) is 0 Å². The molecule has 5 heteroatoms. The van der Waals surface area contributed by atoms with Crippen molar-refractivity contribution in [3.8, 4) is 0 Å². The molecule has 2 unspecified atom stereocenters. The number of benzene rings is 1. The summed E-state index contributed by atoms with van der Waals surface area (Å²) in [4.78, 5) is 0. The standard InChI is InChI=1S/C12H18F2N2O/c1-4-12(2,17-3)11(16-15)9-6-5-8(13)7-10(9)14/h5-7,11,16H,4,15H2,1-3H3. The molecule has 1 aromatic carbocycles. The van der Waals surface area contributed by atoms with Crippen LogP contribution in [0.5, 0.6) is 0 Å². The van der Waals surface area contributed by atoms with Crippen molar-refractivity contribution in [2.75, 3.05) is 7.11 Å². The summed E-state index contributed by atoms with van der Waals surface area (Å²) in [6.07, 6.45) is 0.634. The lowest BCUT2D eigenvalue weighted by Gasteiger charge is -2.35. The molecule has 0 saturated carbocycles. The van der Waals surface area contributed by atoms with Gasteiger partial charge in [0.05, 0.1) is 11.6 Å². The molecule has 0 aliphatic carbocycles. The zero-order chi connectivity index (χ0) is 13.1. The molecule has 1 aromatic rings. The Labute approximate surface area is 99.9 Å². The van der Waals surface area contributed by atoms with E-state index in [4.69, 9.17) is 10.6 Å². The van der Waals surface area contributed by atoms with Crippen molar-refractivity contribution in [2.45, 2.75) is 31.9 Å². The third kappa shape index (κ3) is 2.80. The van der Waals surface area contributed by atoms with Crippen molar-refractivity contribution in [1.29, 1.82) is 0 Å². The minimum Gasteiger partial charge on any atom is -0.376 e. The molecule has 3 N–H and O–H groups in total. The molecule has 3 nitrogen and oxygen atoms in total. The highest BCUT2D eigenvalue weighted by molar-refractivity contribution is 5.24. The molecular weight excluding hydrogens is 226 g/mol. The van der Waals surface area contributed by atoms with Crippen molar-refractivity contribution >= 4 is 0 Å². The number of rotatable bonds is 5. The monoisotopic (exact) mass is 244 g/mol. The first-order valence-corrected chi connectivity index (χ1v) is 5.44. The van der Waals surface area contributed by atoms with Gasteiger partial charge in [-0.1, -0.05) is 13.0 Å². The van der Waals surface area contributed by atoms with Gasteiger partial charge in [-0.2, -0.15) is 0 Å². The van der Waals surface area contributed by atoms with Gasteiger partial charge in [0.2, 0.25) is 0 Å². The summed E-state index contributed by atoms with van der Waals surface area (Å²) >= 11 is 0. The average molecular weight is 244 g/mol. The highest BCUT2D eigenvalue weighted by atomic mass is 19.1. The van der Waals surface area contributed by atoms with Crippen LogP contribution in [-0.4, -0.2) is 12.7 Å². The van der Waals surface area contributed by atoms with Gasteiger partial charge in [-0.3, -0.25) is 5.84 Å². The molecule has 0 aromatic heterocycles. The Morgan fingerprint density at radius 1 is 1.47 bits per heavy atom. The number of halogens is 2. The second-order valence-electron chi connectivity index (χ2n) is 4.14. The van der Waals surface area contributed by atoms with Gasteiger partial charge in [0, 0.05) is 18.7 Å². The molecule has 0 aliphatic rings. The molecule has 96 valence electrons. The van der Waals surface area contributed by atoms with Gasteiger partial charge >= 0.3 is 0 Å². The summed E-state index contributed by atoms with van der Waals surface area (Å²) in [7, 11) is 1.54. The van der Waals surface area contributed by atoms with E-state index >= 15 is 0 Å². The predicted molar refractivity (Wildman–Crippen MR) is 62.1 cm³/mol. The van der Waals surface area contributed by atoms with Gasteiger partial charge in [0.25, 0.3) is 0 Å². The molecule has 0 spiro atoms. The van der Waals surface area contributed by atoms with E-state index in [1.165, 1.54) is 19.2 Å². The van der Waals surface area contributed by atoms with Crippen LogP contribution >= 0.6 is 0 Å². The first kappa shape index (κ1) is 14.0. The first-order chi connectivity index (χ1) is 7.98. The number of hydrazine groups is 1. The van der Waals surface area contributed by atoms with Crippen LogP contribution in [0.1, 0.15) is 31.9 Å². The topological polar surface area (TPSA) is 47.3 Å². The molecule has 2 atom stereocenters. The molecule has 1 rings (SSSR count). The zero-order valence-corrected chi connectivity index (χ0v) is 10.3. The van der Waals surface area contributed by atoms with Crippen LogP contribution in [0.2, 0.25) is 0 Å². The fraction of sp³-hybridized carbons (Fsp3) is 0.500. The lowest BCUT2D eigenvalue weighted by Crippen LogP contribution is -2.46. The van der Waals surface area contributed by atoms with E-state index in [0.29, 0.717) is 12.0 Å². The van der Waals surface area contributed by atoms with Crippen LogP contribution in [0.3, 0.4) is 0 Å². The van der Waals surface area contributed by atoms with Gasteiger partial charge in [0.1, 0.15) is 11.6 Å². The van der Waals surface area contributed by atoms with Gasteiger partial charge in [0.15, 0.2) is 0 Å². The van der Waals surface area contributed by atoms with Crippen LogP contribution < -0.4 is 11.3 Å². The Bertz CT molecular complexity index is 381. The second-order valence-corrected chi connectivity index (χ2v) is 4.14. The average Bonchev–Trinajstić information content (AvgIpc) is 2.32. The van der Waals surface area contributed by atoms with Crippen LogP contribution in [0, 0.1) is 11.6 Å². The van der Waals surface area contributed by atoms with E-state index in [0.717, 1.165) is 6.07 Å². The van der Waals surface area contributed by atoms with Gasteiger partial charge in [-0.15, -0.1) is 0 Å². The minimum absolute atomic E-state index is 0.292. The Morgan fingerprint density at radius 3 is 2.53 bits per heavy atom. The second kappa shape index (κ2) is 5.53. The number of hydrogen-bond donors (Lipinski definition) is 2. The molecule has 0 bridgehead atoms. The van der Waals surface area contributed by atoms with Crippen LogP contribution in [-0.2, 0) is 4.74 Å². The molecule has 0 amide bonds. The molecule has 0 heterocycles. The number of hydrogen-bond acceptors (Lipinski definition) is 3. The highest BCUT2D eigenvalue weighted by Crippen LogP contribution is 2.32. The number of nitrogens with two attached hydrogens (primary N) is 1. The summed E-state index contributed by atoms with van der Waals surface area (Å²) in [6.45, 7) is 3.73. The largest absolute Gasteiger partial charge is 0.376 e. The molecule has 0 radical (unpaired) electrons. The summed E-state index contributed by atoms with van der Waals surface area (Å²) in [6, 6.07) is 2.88. The molecule has 0 aliphatic heterocycles. The van der Waals surface area contributed by atoms with Crippen molar-refractivity contribution in [2.24, 2.45) is 5.84 Å².